The van der Waals surface area contributed by atoms with Crippen molar-refractivity contribution >= 4 is 19.4 Å². The van der Waals surface area contributed by atoms with Crippen molar-refractivity contribution in [2.45, 2.75) is 42.3 Å². The third-order valence-electron chi connectivity index (χ3n) is 2.45. The van der Waals surface area contributed by atoms with Crippen LogP contribution in [0.4, 0.5) is 57.1 Å². The first-order valence-electron chi connectivity index (χ1n) is 5.35. The van der Waals surface area contributed by atoms with Gasteiger partial charge >= 0.3 is 43.8 Å². The van der Waals surface area contributed by atoms with Gasteiger partial charge in [0.15, 0.2) is 0 Å². The quantitative estimate of drug-likeness (QED) is 0.315. The van der Waals surface area contributed by atoms with Gasteiger partial charge in [0.2, 0.25) is 0 Å². The van der Waals surface area contributed by atoms with Crippen molar-refractivity contribution in [3.8, 4) is 0 Å². The van der Waals surface area contributed by atoms with Gasteiger partial charge in [0.25, 0.3) is 0 Å². The molecule has 0 amide bonds. The minimum Gasteiger partial charge on any atom is -0.212 e. The molecule has 0 aromatic carbocycles. The van der Waals surface area contributed by atoms with Crippen molar-refractivity contribution in [1.29, 1.82) is 0 Å². The van der Waals surface area contributed by atoms with Gasteiger partial charge in [0.05, 0.1) is 6.61 Å². The molecule has 16 heteroatoms. The fourth-order valence-corrected chi connectivity index (χ4v) is 2.63. The highest BCUT2D eigenvalue weighted by molar-refractivity contribution is 7.04. The van der Waals surface area contributed by atoms with Crippen LogP contribution in [0.5, 0.6) is 0 Å². The summed E-state index contributed by atoms with van der Waals surface area (Å²) in [5, 5.41) is 0. The molecule has 0 saturated heterocycles. The summed E-state index contributed by atoms with van der Waals surface area (Å²) in [6, 6.07) is 0. The Balaban J connectivity index is 6.20. The predicted molar refractivity (Wildman–Crippen MR) is 54.0 cm³/mol. The van der Waals surface area contributed by atoms with Crippen LogP contribution < -0.4 is 0 Å². The van der Waals surface area contributed by atoms with Crippen LogP contribution in [0.25, 0.3) is 0 Å². The third-order valence-corrected chi connectivity index (χ3v) is 4.84. The monoisotopic (exact) mass is 427 g/mol. The lowest BCUT2D eigenvalue weighted by atomic mass is 9.98. The van der Waals surface area contributed by atoms with Crippen molar-refractivity contribution in [3.05, 3.63) is 0 Å². The number of rotatable bonds is 7. The maximum atomic E-state index is 13.2. The summed E-state index contributed by atoms with van der Waals surface area (Å²) in [4.78, 5) is 0. The van der Waals surface area contributed by atoms with E-state index in [2.05, 4.69) is 15.5 Å². The maximum absolute atomic E-state index is 13.2. The molecule has 0 aliphatic rings. The van der Waals surface area contributed by atoms with Gasteiger partial charge in [-0.3, -0.25) is 0 Å². The highest BCUT2D eigenvalue weighted by Crippen LogP contribution is 2.60. The molecule has 0 N–H and O–H groups in total. The first-order valence-corrected chi connectivity index (χ1v) is 7.77. The summed E-state index contributed by atoms with van der Waals surface area (Å²) < 4.78 is 168. The lowest BCUT2D eigenvalue weighted by molar-refractivity contribution is -0.434. The van der Waals surface area contributed by atoms with E-state index >= 15 is 0 Å². The number of hydrogen-bond acceptors (Lipinski definition) is 1. The minimum absolute atomic E-state index is 0.853. The molecule has 0 atom stereocenters. The molecule has 0 heterocycles. The lowest BCUT2D eigenvalue weighted by Gasteiger charge is -2.37. The van der Waals surface area contributed by atoms with Gasteiger partial charge in [-0.25, -0.2) is 4.43 Å². The second-order valence-electron chi connectivity index (χ2n) is 4.08. The molecule has 0 fully saturated rings. The Bertz CT molecular complexity index is 448. The Morgan fingerprint density at radius 1 is 0.667 bits per heavy atom. The van der Waals surface area contributed by atoms with E-state index in [1.165, 1.54) is 0 Å². The average Bonchev–Trinajstić information content (AvgIpc) is 2.36. The van der Waals surface area contributed by atoms with Crippen LogP contribution in [0.1, 0.15) is 6.92 Å². The Morgan fingerprint density at radius 2 is 1.00 bits per heavy atom. The van der Waals surface area contributed by atoms with Crippen molar-refractivity contribution in [2.75, 3.05) is 6.61 Å². The van der Waals surface area contributed by atoms with E-state index in [-0.39, 0.29) is 0 Å². The first-order chi connectivity index (χ1) is 10.2. The van der Waals surface area contributed by atoms with Gasteiger partial charge in [-0.15, -0.1) is 0 Å². The minimum atomic E-state index is -7.92. The van der Waals surface area contributed by atoms with Gasteiger partial charge in [-0.05, 0) is 6.92 Å². The summed E-state index contributed by atoms with van der Waals surface area (Å²) >= 11 is 4.58. The zero-order chi connectivity index (χ0) is 20.0. The highest BCUT2D eigenvalue weighted by Gasteiger charge is 2.94. The Labute approximate surface area is 131 Å². The molecule has 0 saturated carbocycles. The van der Waals surface area contributed by atoms with E-state index in [0.29, 0.717) is 0 Å². The number of hydrogen-bond donors (Lipinski definition) is 0. The molecule has 0 aromatic heterocycles. The summed E-state index contributed by atoms with van der Waals surface area (Å²) in [6.45, 7) is -0.0318. The zero-order valence-electron chi connectivity index (χ0n) is 10.9. The molecule has 0 radical (unpaired) electrons. The van der Waals surface area contributed by atoms with E-state index in [9.17, 15) is 57.1 Å². The smallest absolute Gasteiger partial charge is 0.212 e. The van der Waals surface area contributed by atoms with Crippen molar-refractivity contribution in [3.63, 3.8) is 0 Å². The Hall–Kier alpha value is -0.443. The van der Waals surface area contributed by atoms with E-state index in [4.69, 9.17) is 0 Å². The maximum Gasteiger partial charge on any atom is 0.680 e. The molecule has 0 bridgehead atoms. The van der Waals surface area contributed by atoms with Gasteiger partial charge < -0.3 is 0 Å². The van der Waals surface area contributed by atoms with E-state index in [1.807, 2.05) is 0 Å². The highest BCUT2D eigenvalue weighted by atomic mass is 35.6. The third kappa shape index (κ3) is 3.18. The number of alkyl halides is 13. The fraction of sp³-hybridized carbons (Fsp3) is 1.00. The van der Waals surface area contributed by atoms with Gasteiger partial charge in [-0.1, -0.05) is 0 Å². The molecule has 0 unspecified atom stereocenters. The molecule has 0 aliphatic heterocycles. The van der Waals surface area contributed by atoms with Crippen LogP contribution in [0.15, 0.2) is 0 Å². The molecule has 0 aromatic rings. The van der Waals surface area contributed by atoms with Gasteiger partial charge in [0, 0.05) is 0 Å². The van der Waals surface area contributed by atoms with E-state index in [0.717, 1.165) is 6.92 Å². The molecule has 0 spiro atoms. The van der Waals surface area contributed by atoms with Crippen molar-refractivity contribution < 1.29 is 61.5 Å². The number of halogens is 14. The van der Waals surface area contributed by atoms with Gasteiger partial charge in [-0.2, -0.15) is 57.1 Å². The van der Waals surface area contributed by atoms with E-state index < -0.39 is 50.4 Å². The summed E-state index contributed by atoms with van der Waals surface area (Å²) in [5.41, 5.74) is -6.33. The molecule has 24 heavy (non-hydrogen) atoms. The van der Waals surface area contributed by atoms with Crippen LogP contribution in [-0.4, -0.2) is 50.4 Å². The SMILES string of the molecule is CCO[Si+](Cl)C(F)(F)C(F)(F)C(F)(F)C(F)(F)C(F)(F)C(F)(F)F. The summed E-state index contributed by atoms with van der Waals surface area (Å²) in [7, 11) is -4.85. The van der Waals surface area contributed by atoms with Crippen molar-refractivity contribution in [1.82, 2.24) is 0 Å². The zero-order valence-corrected chi connectivity index (χ0v) is 12.7. The van der Waals surface area contributed by atoms with Crippen LogP contribution in [-0.2, 0) is 4.43 Å². The second kappa shape index (κ2) is 6.37. The standard InChI is InChI=1S/C8H5ClF13OSi/c1-2-23-24(9)8(21,22)6(16,17)4(12,13)3(10,11)5(14,15)7(18,19)20/h2H2,1H3/q+1. The predicted octanol–water partition coefficient (Wildman–Crippen LogP) is 5.03. The molecule has 144 valence electrons. The first kappa shape index (κ1) is 23.6. The normalized spacial score (nSPS) is 15.6. The van der Waals surface area contributed by atoms with E-state index in [1.54, 1.807) is 0 Å². The molecule has 0 rings (SSSR count). The summed E-state index contributed by atoms with van der Waals surface area (Å²) in [6.07, 6.45) is -7.43. The molecular weight excluding hydrogens is 423 g/mol. The topological polar surface area (TPSA) is 9.23 Å². The van der Waals surface area contributed by atoms with Gasteiger partial charge in [0.1, 0.15) is 11.1 Å². The summed E-state index contributed by atoms with van der Waals surface area (Å²) in [5.74, 6) is -30.9. The fourth-order valence-electron chi connectivity index (χ4n) is 1.11. The molecular formula is C8H5ClF13OSi+. The Morgan fingerprint density at radius 3 is 1.29 bits per heavy atom. The molecule has 0 aliphatic carbocycles. The lowest BCUT2D eigenvalue weighted by Crippen LogP contribution is -2.72. The second-order valence-corrected chi connectivity index (χ2v) is 6.57. The largest absolute Gasteiger partial charge is 0.680 e. The van der Waals surface area contributed by atoms with Crippen LogP contribution >= 0.6 is 11.1 Å². The van der Waals surface area contributed by atoms with Crippen LogP contribution in [0.3, 0.4) is 0 Å². The van der Waals surface area contributed by atoms with Crippen molar-refractivity contribution in [2.24, 2.45) is 0 Å². The van der Waals surface area contributed by atoms with Crippen LogP contribution in [0, 0.1) is 0 Å². The molecule has 1 nitrogen and oxygen atoms in total. The average molecular weight is 428 g/mol. The van der Waals surface area contributed by atoms with Crippen LogP contribution in [0.2, 0.25) is 0 Å². The Kier molecular flexibility index (Phi) is 6.26.